The zero-order valence-electron chi connectivity index (χ0n) is 7.54. The van der Waals surface area contributed by atoms with Crippen LogP contribution < -0.4 is 10.6 Å². The molecule has 5 nitrogen and oxygen atoms in total. The fraction of sp³-hybridized carbons (Fsp3) is 0.750. The molecule has 1 aliphatic rings. The molecule has 1 fully saturated rings. The van der Waals surface area contributed by atoms with Crippen molar-refractivity contribution >= 4 is 11.9 Å². The third kappa shape index (κ3) is 2.69. The molecule has 1 aliphatic heterocycles. The van der Waals surface area contributed by atoms with Gasteiger partial charge in [-0.1, -0.05) is 0 Å². The van der Waals surface area contributed by atoms with E-state index in [1.807, 2.05) is 0 Å². The van der Waals surface area contributed by atoms with Gasteiger partial charge < -0.3 is 15.7 Å². The van der Waals surface area contributed by atoms with E-state index in [4.69, 9.17) is 5.11 Å². The number of hydrogen-bond acceptors (Lipinski definition) is 3. The second kappa shape index (κ2) is 4.23. The molecule has 0 aromatic carbocycles. The van der Waals surface area contributed by atoms with Crippen LogP contribution >= 0.6 is 0 Å². The largest absolute Gasteiger partial charge is 0.480 e. The minimum atomic E-state index is -1.01. The molecular weight excluding hydrogens is 178 g/mol. The quantitative estimate of drug-likeness (QED) is 0.554. The van der Waals surface area contributed by atoms with Crippen LogP contribution in [0.15, 0.2) is 0 Å². The highest BCUT2D eigenvalue weighted by atomic mass is 16.7. The van der Waals surface area contributed by atoms with Gasteiger partial charge in [0.15, 0.2) is 0 Å². The fourth-order valence-corrected chi connectivity index (χ4v) is 1.28. The molecule has 1 rings (SSSR count). The van der Waals surface area contributed by atoms with Crippen LogP contribution in [0.3, 0.4) is 0 Å². The number of nitrogens with one attached hydrogen (secondary N) is 2. The summed E-state index contributed by atoms with van der Waals surface area (Å²) in [6.07, 6.45) is 1.76. The van der Waals surface area contributed by atoms with Gasteiger partial charge in [-0.2, -0.15) is 0 Å². The highest BCUT2D eigenvalue weighted by Crippen LogP contribution is 2.04. The molecule has 5 heteroatoms. The zero-order chi connectivity index (χ0) is 9.84. The second-order valence-corrected chi connectivity index (χ2v) is 3.22. The molecule has 1 heterocycles. The minimum absolute atomic E-state index is 0.207. The highest BCUT2D eigenvalue weighted by molar-refractivity contribution is 5.86. The number of carboxylic acid groups (broad SMARTS) is 1. The van der Waals surface area contributed by atoms with E-state index in [0.717, 1.165) is 19.4 Å². The lowest BCUT2D eigenvalue weighted by atomic mass is 10.2. The first-order valence-corrected chi connectivity index (χ1v) is 4.38. The molecule has 0 aliphatic carbocycles. The summed E-state index contributed by atoms with van der Waals surface area (Å²) in [4.78, 5) is 21.7. The summed E-state index contributed by atoms with van der Waals surface area (Å²) in [5, 5.41) is 14.0. The molecule has 3 N–H and O–H groups in total. The van der Waals surface area contributed by atoms with E-state index in [2.05, 4.69) is 10.6 Å². The lowest BCUT2D eigenvalue weighted by Crippen LogP contribution is -2.46. The monoisotopic (exact) mass is 192 g/mol. The van der Waals surface area contributed by atoms with Crippen molar-refractivity contribution in [2.45, 2.75) is 31.8 Å². The van der Waals surface area contributed by atoms with Crippen molar-refractivity contribution in [1.82, 2.24) is 10.6 Å². The summed E-state index contributed by atoms with van der Waals surface area (Å²) < 4.78 is 0. The van der Waals surface area contributed by atoms with Crippen molar-refractivity contribution in [2.24, 2.45) is 0 Å². The Kier molecular flexibility index (Phi) is 3.25. The number of amides is 1. The molecule has 2 atom stereocenters. The molecular formula is C8H14N2O3. The lowest BCUT2D eigenvalue weighted by Gasteiger charge is -2.13. The minimum Gasteiger partial charge on any atom is -0.480 e. The number of rotatable bonds is 3. The van der Waals surface area contributed by atoms with Crippen molar-refractivity contribution in [3.05, 3.63) is 0 Å². The van der Waals surface area contributed by atoms with Gasteiger partial charge in [-0.3, -0.25) is 9.59 Å². The highest BCUT2D eigenvalue weighted by Gasteiger charge is 2.24. The Hall–Kier alpha value is -1.10. The maximum Gasteiger partial charge on any atom is 0.325 e. The molecule has 1 amide bonds. The number of carbonyl (C=O) groups excluding carboxylic acids is 1. The Bertz CT molecular complexity index is 211. The SMILES string of the molecule is [14CH3][14C@H](NC(=O)[C@@H]1CCCN1)[14C](=O)O. The summed E-state index contributed by atoms with van der Waals surface area (Å²) in [5.74, 6) is -1.22. The smallest absolute Gasteiger partial charge is 0.325 e. The van der Waals surface area contributed by atoms with E-state index >= 15 is 0 Å². The van der Waals surface area contributed by atoms with Crippen LogP contribution in [0, 0.1) is 0 Å². The van der Waals surface area contributed by atoms with Gasteiger partial charge in [0, 0.05) is 0 Å². The van der Waals surface area contributed by atoms with E-state index in [1.165, 1.54) is 6.92 Å². The maximum atomic E-state index is 11.3. The first kappa shape index (κ1) is 9.98. The van der Waals surface area contributed by atoms with Gasteiger partial charge in [-0.25, -0.2) is 0 Å². The topological polar surface area (TPSA) is 78.4 Å². The van der Waals surface area contributed by atoms with Gasteiger partial charge in [0.05, 0.1) is 6.04 Å². The van der Waals surface area contributed by atoms with Gasteiger partial charge in [0.1, 0.15) is 6.04 Å². The molecule has 1 saturated heterocycles. The van der Waals surface area contributed by atoms with E-state index in [9.17, 15) is 9.59 Å². The Morgan fingerprint density at radius 3 is 2.92 bits per heavy atom. The van der Waals surface area contributed by atoms with Gasteiger partial charge in [0.25, 0.3) is 0 Å². The van der Waals surface area contributed by atoms with Crippen LogP contribution in [0.25, 0.3) is 0 Å². The van der Waals surface area contributed by atoms with Crippen molar-refractivity contribution < 1.29 is 14.7 Å². The summed E-state index contributed by atoms with van der Waals surface area (Å²) in [7, 11) is 0. The standard InChI is InChI=1S/C8H14N2O3/c1-5(8(12)13)10-7(11)6-3-2-4-9-6/h5-6,9H,2-4H2,1H3,(H,10,11)(H,12,13)/t5-,6-/m0/s1/i1+2,5+2,8+2. The average molecular weight is 192 g/mol. The molecule has 0 saturated carbocycles. The Labute approximate surface area is 76.5 Å². The Balaban J connectivity index is 2.35. The Morgan fingerprint density at radius 2 is 2.46 bits per heavy atom. The molecule has 0 radical (unpaired) electrons. The van der Waals surface area contributed by atoms with Crippen molar-refractivity contribution in [2.75, 3.05) is 6.54 Å². The molecule has 0 aromatic rings. The fourth-order valence-electron chi connectivity index (χ4n) is 1.28. The number of carboxylic acids is 1. The number of aliphatic carboxylic acids is 1. The van der Waals surface area contributed by atoms with E-state index in [0.29, 0.717) is 0 Å². The van der Waals surface area contributed by atoms with Crippen molar-refractivity contribution in [3.8, 4) is 0 Å². The molecule has 0 spiro atoms. The maximum absolute atomic E-state index is 11.3. The third-order valence-electron chi connectivity index (χ3n) is 2.11. The third-order valence-corrected chi connectivity index (χ3v) is 2.11. The normalized spacial score (nSPS) is 23.9. The first-order chi connectivity index (χ1) is 6.11. The zero-order valence-corrected chi connectivity index (χ0v) is 7.54. The van der Waals surface area contributed by atoms with Crippen LogP contribution in [-0.4, -0.2) is 35.6 Å². The lowest BCUT2D eigenvalue weighted by molar-refractivity contribution is -0.141. The molecule has 0 bridgehead atoms. The summed E-state index contributed by atoms with van der Waals surface area (Å²) in [6.45, 7) is 2.29. The van der Waals surface area contributed by atoms with Gasteiger partial charge >= 0.3 is 5.97 Å². The molecule has 13 heavy (non-hydrogen) atoms. The van der Waals surface area contributed by atoms with Crippen molar-refractivity contribution in [3.63, 3.8) is 0 Å². The molecule has 0 unspecified atom stereocenters. The summed E-state index contributed by atoms with van der Waals surface area (Å²) >= 11 is 0. The predicted octanol–water partition coefficient (Wildman–Crippen LogP) is -0.672. The number of carbonyl (C=O) groups is 2. The Morgan fingerprint density at radius 1 is 1.77 bits per heavy atom. The van der Waals surface area contributed by atoms with Crippen LogP contribution in [0.1, 0.15) is 19.8 Å². The second-order valence-electron chi connectivity index (χ2n) is 3.22. The molecule has 0 aromatic heterocycles. The number of hydrogen-bond donors (Lipinski definition) is 3. The van der Waals surface area contributed by atoms with Gasteiger partial charge in [-0.05, 0) is 26.3 Å². The van der Waals surface area contributed by atoms with Gasteiger partial charge in [-0.15, -0.1) is 0 Å². The molecule has 74 valence electrons. The van der Waals surface area contributed by atoms with Crippen LogP contribution in [0.5, 0.6) is 0 Å². The van der Waals surface area contributed by atoms with Crippen molar-refractivity contribution in [1.29, 1.82) is 0 Å². The van der Waals surface area contributed by atoms with Gasteiger partial charge in [0.2, 0.25) is 5.91 Å². The summed E-state index contributed by atoms with van der Waals surface area (Å²) in [6, 6.07) is -1.02. The predicted molar refractivity (Wildman–Crippen MR) is 46.3 cm³/mol. The van der Waals surface area contributed by atoms with Crippen LogP contribution in [-0.2, 0) is 9.59 Å². The van der Waals surface area contributed by atoms with Crippen LogP contribution in [0.4, 0.5) is 0 Å². The van der Waals surface area contributed by atoms with Crippen LogP contribution in [0.2, 0.25) is 0 Å². The van der Waals surface area contributed by atoms with E-state index < -0.39 is 12.0 Å². The first-order valence-electron chi connectivity index (χ1n) is 4.38. The van der Waals surface area contributed by atoms with E-state index in [1.54, 1.807) is 0 Å². The van der Waals surface area contributed by atoms with E-state index in [-0.39, 0.29) is 11.9 Å². The average Bonchev–Trinajstić information content (AvgIpc) is 2.55. The summed E-state index contributed by atoms with van der Waals surface area (Å²) in [5.41, 5.74) is 0.